The lowest BCUT2D eigenvalue weighted by Gasteiger charge is -2.16. The number of benzene rings is 1. The summed E-state index contributed by atoms with van der Waals surface area (Å²) in [6, 6.07) is 7.68. The van der Waals surface area contributed by atoms with E-state index in [2.05, 4.69) is 0 Å². The fourth-order valence-electron chi connectivity index (χ4n) is 1.46. The van der Waals surface area contributed by atoms with Crippen LogP contribution in [0.25, 0.3) is 0 Å². The van der Waals surface area contributed by atoms with Gasteiger partial charge in [0.05, 0.1) is 4.91 Å². The van der Waals surface area contributed by atoms with Crippen molar-refractivity contribution in [2.45, 2.75) is 12.7 Å². The van der Waals surface area contributed by atoms with E-state index in [1.165, 1.54) is 11.8 Å². The van der Waals surface area contributed by atoms with Crippen molar-refractivity contribution in [3.63, 3.8) is 0 Å². The Hall–Kier alpha value is -0.730. The molecular weight excluding hydrogens is 216 g/mol. The van der Waals surface area contributed by atoms with Gasteiger partial charge in [-0.05, 0) is 12.5 Å². The van der Waals surface area contributed by atoms with Gasteiger partial charge in [-0.25, -0.2) is 0 Å². The molecule has 1 aromatic rings. The SMILES string of the molecule is C/C(Cl)=C1\SCc2ccccc2C1=O. The Morgan fingerprint density at radius 3 is 2.86 bits per heavy atom. The highest BCUT2D eigenvalue weighted by atomic mass is 35.5. The van der Waals surface area contributed by atoms with Crippen LogP contribution in [0.5, 0.6) is 0 Å². The molecular formula is C11H9ClOS. The van der Waals surface area contributed by atoms with Gasteiger partial charge in [-0.2, -0.15) is 0 Å². The van der Waals surface area contributed by atoms with Gasteiger partial charge in [0.1, 0.15) is 0 Å². The summed E-state index contributed by atoms with van der Waals surface area (Å²) in [6.07, 6.45) is 0. The highest BCUT2D eigenvalue weighted by Gasteiger charge is 2.23. The number of Topliss-reactive ketones (excluding diaryl/α,β-unsaturated/α-hetero) is 1. The molecule has 0 spiro atoms. The zero-order valence-corrected chi connectivity index (χ0v) is 9.28. The van der Waals surface area contributed by atoms with E-state index in [1.807, 2.05) is 24.3 Å². The molecule has 1 aliphatic heterocycles. The van der Waals surface area contributed by atoms with Crippen LogP contribution in [0.15, 0.2) is 34.2 Å². The third-order valence-electron chi connectivity index (χ3n) is 2.15. The number of carbonyl (C=O) groups excluding carboxylic acids is 1. The highest BCUT2D eigenvalue weighted by molar-refractivity contribution is 8.03. The molecule has 0 N–H and O–H groups in total. The molecule has 1 aromatic carbocycles. The molecule has 2 rings (SSSR count). The van der Waals surface area contributed by atoms with Crippen molar-refractivity contribution in [1.82, 2.24) is 0 Å². The van der Waals surface area contributed by atoms with Crippen molar-refractivity contribution in [2.75, 3.05) is 0 Å². The van der Waals surface area contributed by atoms with Crippen LogP contribution >= 0.6 is 23.4 Å². The molecule has 1 heterocycles. The first-order valence-corrected chi connectivity index (χ1v) is 5.68. The minimum atomic E-state index is 0.0596. The molecule has 1 aliphatic rings. The van der Waals surface area contributed by atoms with Gasteiger partial charge in [0.15, 0.2) is 0 Å². The first kappa shape index (κ1) is 9.81. The molecule has 0 atom stereocenters. The number of thioether (sulfide) groups is 1. The first-order chi connectivity index (χ1) is 6.70. The number of rotatable bonds is 0. The van der Waals surface area contributed by atoms with Gasteiger partial charge in [-0.15, -0.1) is 11.8 Å². The number of fused-ring (bicyclic) bond motifs is 1. The lowest BCUT2D eigenvalue weighted by Crippen LogP contribution is -2.10. The molecule has 0 radical (unpaired) electrons. The van der Waals surface area contributed by atoms with Crippen molar-refractivity contribution in [2.24, 2.45) is 0 Å². The van der Waals surface area contributed by atoms with E-state index in [0.717, 1.165) is 16.9 Å². The van der Waals surface area contributed by atoms with Crippen LogP contribution in [0.2, 0.25) is 0 Å². The summed E-state index contributed by atoms with van der Waals surface area (Å²) in [7, 11) is 0. The topological polar surface area (TPSA) is 17.1 Å². The lowest BCUT2D eigenvalue weighted by molar-refractivity contribution is 0.104. The number of ketones is 1. The Balaban J connectivity index is 2.52. The molecule has 0 bridgehead atoms. The molecule has 0 amide bonds. The molecule has 0 saturated carbocycles. The van der Waals surface area contributed by atoms with E-state index in [-0.39, 0.29) is 5.78 Å². The van der Waals surface area contributed by atoms with Gasteiger partial charge in [-0.1, -0.05) is 35.9 Å². The Kier molecular flexibility index (Phi) is 2.66. The maximum Gasteiger partial charge on any atom is 0.200 e. The van der Waals surface area contributed by atoms with Crippen LogP contribution in [0, 0.1) is 0 Å². The Labute approximate surface area is 92.1 Å². The largest absolute Gasteiger partial charge is 0.288 e. The first-order valence-electron chi connectivity index (χ1n) is 4.32. The third-order valence-corrected chi connectivity index (χ3v) is 3.69. The fraction of sp³-hybridized carbons (Fsp3) is 0.182. The zero-order chi connectivity index (χ0) is 10.1. The Morgan fingerprint density at radius 2 is 2.14 bits per heavy atom. The molecule has 14 heavy (non-hydrogen) atoms. The van der Waals surface area contributed by atoms with Crippen LogP contribution in [0.4, 0.5) is 0 Å². The van der Waals surface area contributed by atoms with Crippen LogP contribution < -0.4 is 0 Å². The van der Waals surface area contributed by atoms with E-state index < -0.39 is 0 Å². The van der Waals surface area contributed by atoms with Gasteiger partial charge in [0.25, 0.3) is 0 Å². The monoisotopic (exact) mass is 224 g/mol. The van der Waals surface area contributed by atoms with E-state index >= 15 is 0 Å². The maximum absolute atomic E-state index is 11.9. The predicted molar refractivity (Wildman–Crippen MR) is 60.6 cm³/mol. The molecule has 3 heteroatoms. The maximum atomic E-state index is 11.9. The van der Waals surface area contributed by atoms with E-state index in [1.54, 1.807) is 6.92 Å². The fourth-order valence-corrected chi connectivity index (χ4v) is 2.70. The van der Waals surface area contributed by atoms with Gasteiger partial charge in [0, 0.05) is 16.3 Å². The second-order valence-electron chi connectivity index (χ2n) is 3.14. The molecule has 0 fully saturated rings. The van der Waals surface area contributed by atoms with Crippen LogP contribution in [0.3, 0.4) is 0 Å². The number of halogens is 1. The molecule has 0 unspecified atom stereocenters. The van der Waals surface area contributed by atoms with E-state index in [9.17, 15) is 4.79 Å². The number of hydrogen-bond donors (Lipinski definition) is 0. The minimum Gasteiger partial charge on any atom is -0.288 e. The van der Waals surface area contributed by atoms with Crippen LogP contribution in [-0.4, -0.2) is 5.78 Å². The van der Waals surface area contributed by atoms with Crippen molar-refractivity contribution < 1.29 is 4.79 Å². The summed E-state index contributed by atoms with van der Waals surface area (Å²) in [4.78, 5) is 12.6. The van der Waals surface area contributed by atoms with Gasteiger partial charge in [0.2, 0.25) is 5.78 Å². The van der Waals surface area contributed by atoms with Crippen molar-refractivity contribution in [1.29, 1.82) is 0 Å². The van der Waals surface area contributed by atoms with Crippen LogP contribution in [-0.2, 0) is 5.75 Å². The molecule has 1 nitrogen and oxygen atoms in total. The van der Waals surface area contributed by atoms with E-state index in [4.69, 9.17) is 11.6 Å². The number of carbonyl (C=O) groups is 1. The molecule has 0 aromatic heterocycles. The summed E-state index contributed by atoms with van der Waals surface area (Å²) in [5.74, 6) is 0.894. The molecule has 72 valence electrons. The average Bonchev–Trinajstić information content (AvgIpc) is 2.18. The van der Waals surface area contributed by atoms with Gasteiger partial charge >= 0.3 is 0 Å². The highest BCUT2D eigenvalue weighted by Crippen LogP contribution is 2.35. The Morgan fingerprint density at radius 1 is 1.43 bits per heavy atom. The standard InChI is InChI=1S/C11H9ClOS/c1-7(12)11-10(13)9-5-3-2-4-8(9)6-14-11/h2-5H,6H2,1H3/b11-7+. The van der Waals surface area contributed by atoms with Crippen molar-refractivity contribution in [3.05, 3.63) is 45.3 Å². The average molecular weight is 225 g/mol. The quantitative estimate of drug-likeness (QED) is 0.627. The summed E-state index contributed by atoms with van der Waals surface area (Å²) in [5.41, 5.74) is 1.89. The Bertz CT molecular complexity index is 419. The van der Waals surface area contributed by atoms with Crippen molar-refractivity contribution in [3.8, 4) is 0 Å². The zero-order valence-electron chi connectivity index (χ0n) is 7.71. The number of hydrogen-bond acceptors (Lipinski definition) is 2. The molecule has 0 saturated heterocycles. The summed E-state index contributed by atoms with van der Waals surface area (Å²) < 4.78 is 0. The van der Waals surface area contributed by atoms with E-state index in [0.29, 0.717) is 9.94 Å². The summed E-state index contributed by atoms with van der Waals surface area (Å²) >= 11 is 7.38. The number of allylic oxidation sites excluding steroid dienone is 2. The predicted octanol–water partition coefficient (Wildman–Crippen LogP) is 3.59. The van der Waals surface area contributed by atoms with Crippen molar-refractivity contribution >= 4 is 29.1 Å². The molecule has 0 aliphatic carbocycles. The minimum absolute atomic E-state index is 0.0596. The van der Waals surface area contributed by atoms with Gasteiger partial charge < -0.3 is 0 Å². The van der Waals surface area contributed by atoms with Crippen LogP contribution in [0.1, 0.15) is 22.8 Å². The smallest absolute Gasteiger partial charge is 0.200 e. The summed E-state index contributed by atoms with van der Waals surface area (Å²) in [6.45, 7) is 1.76. The van der Waals surface area contributed by atoms with Gasteiger partial charge in [-0.3, -0.25) is 4.79 Å². The second kappa shape index (κ2) is 3.79. The third kappa shape index (κ3) is 1.60. The normalized spacial score (nSPS) is 19.1. The summed E-state index contributed by atoms with van der Waals surface area (Å²) in [5, 5.41) is 0.592. The second-order valence-corrected chi connectivity index (χ2v) is 4.69. The lowest BCUT2D eigenvalue weighted by atomic mass is 10.0.